The Morgan fingerprint density at radius 1 is 1.25 bits per heavy atom. The highest BCUT2D eigenvalue weighted by Crippen LogP contribution is 2.31. The summed E-state index contributed by atoms with van der Waals surface area (Å²) in [6.07, 6.45) is 10.6. The highest BCUT2D eigenvalue weighted by molar-refractivity contribution is 5.95. The number of hydrogen-bond donors (Lipinski definition) is 2. The largest absolute Gasteiger partial charge is 0.327 e. The molecule has 2 aromatic heterocycles. The number of H-pyrrole nitrogens is 1. The Hall–Kier alpha value is -2.78. The number of Topliss-reactive ketones (excluding diaryl/α,β-unsaturated/α-hetero) is 1. The van der Waals surface area contributed by atoms with E-state index in [2.05, 4.69) is 33.5 Å². The lowest BCUT2D eigenvalue weighted by Gasteiger charge is -2.24. The van der Waals surface area contributed by atoms with Crippen molar-refractivity contribution >= 4 is 11.4 Å². The normalized spacial score (nSPS) is 17.8. The number of nitrogens with zero attached hydrogens (tertiary/aromatic N) is 3. The molecule has 2 N–H and O–H groups in total. The second-order valence-corrected chi connectivity index (χ2v) is 7.60. The highest BCUT2D eigenvalue weighted by Gasteiger charge is 2.21. The van der Waals surface area contributed by atoms with Crippen molar-refractivity contribution in [1.29, 1.82) is 5.26 Å². The lowest BCUT2D eigenvalue weighted by Crippen LogP contribution is -2.27. The van der Waals surface area contributed by atoms with Crippen LogP contribution in [-0.4, -0.2) is 33.8 Å². The summed E-state index contributed by atoms with van der Waals surface area (Å²) >= 11 is 0. The van der Waals surface area contributed by atoms with Crippen molar-refractivity contribution in [2.24, 2.45) is 0 Å². The van der Waals surface area contributed by atoms with Gasteiger partial charge in [-0.25, -0.2) is 4.98 Å². The van der Waals surface area contributed by atoms with Crippen molar-refractivity contribution in [1.82, 2.24) is 20.3 Å². The molecule has 144 valence electrons. The molecule has 6 heteroatoms. The third-order valence-electron chi connectivity index (χ3n) is 5.66. The van der Waals surface area contributed by atoms with Gasteiger partial charge in [0.15, 0.2) is 5.82 Å². The van der Waals surface area contributed by atoms with Crippen LogP contribution in [0.5, 0.6) is 0 Å². The van der Waals surface area contributed by atoms with Gasteiger partial charge in [-0.2, -0.15) is 5.26 Å². The Bertz CT molecular complexity index is 931. The molecule has 2 aromatic rings. The maximum atomic E-state index is 12.7. The number of piperidine rings is 1. The van der Waals surface area contributed by atoms with E-state index in [9.17, 15) is 4.79 Å². The fraction of sp³-hybridized carbons (Fsp3) is 0.455. The highest BCUT2D eigenvalue weighted by atomic mass is 16.1. The Labute approximate surface area is 165 Å². The standard InChI is InChI=1S/C22H25N5O/c23-13-18-14-25-22(26-18)20(28)12-17-6-7-19(15-8-10-24-11-9-15)27-21(17)16-4-2-1-3-5-16/h4,6-7,14-15,24H,1-3,5,8-12H2,(H,25,26). The van der Waals surface area contributed by atoms with Crippen LogP contribution in [0, 0.1) is 11.3 Å². The van der Waals surface area contributed by atoms with E-state index in [0.717, 1.165) is 55.7 Å². The second-order valence-electron chi connectivity index (χ2n) is 7.60. The zero-order valence-electron chi connectivity index (χ0n) is 16.0. The first-order chi connectivity index (χ1) is 13.7. The van der Waals surface area contributed by atoms with Crippen molar-refractivity contribution in [2.45, 2.75) is 50.9 Å². The van der Waals surface area contributed by atoms with E-state index in [4.69, 9.17) is 10.2 Å². The minimum absolute atomic E-state index is 0.115. The summed E-state index contributed by atoms with van der Waals surface area (Å²) in [5.74, 6) is 0.607. The van der Waals surface area contributed by atoms with Crippen molar-refractivity contribution in [2.75, 3.05) is 13.1 Å². The number of carbonyl (C=O) groups excluding carboxylic acids is 1. The van der Waals surface area contributed by atoms with Crippen LogP contribution in [0.2, 0.25) is 0 Å². The van der Waals surface area contributed by atoms with Gasteiger partial charge in [-0.3, -0.25) is 9.78 Å². The van der Waals surface area contributed by atoms with Gasteiger partial charge in [0.2, 0.25) is 5.78 Å². The number of carbonyl (C=O) groups is 1. The van der Waals surface area contributed by atoms with Gasteiger partial charge >= 0.3 is 0 Å². The first-order valence-electron chi connectivity index (χ1n) is 10.1. The fourth-order valence-electron chi connectivity index (χ4n) is 4.10. The molecule has 3 heterocycles. The number of imidazole rings is 1. The Morgan fingerprint density at radius 2 is 2.11 bits per heavy atom. The summed E-state index contributed by atoms with van der Waals surface area (Å²) in [4.78, 5) is 24.6. The van der Waals surface area contributed by atoms with Crippen LogP contribution in [-0.2, 0) is 6.42 Å². The predicted octanol–water partition coefficient (Wildman–Crippen LogP) is 3.53. The zero-order valence-corrected chi connectivity index (χ0v) is 16.0. The molecule has 1 saturated heterocycles. The number of aromatic nitrogens is 3. The molecule has 0 bridgehead atoms. The van der Waals surface area contributed by atoms with Crippen molar-refractivity contribution in [3.63, 3.8) is 0 Å². The third-order valence-corrected chi connectivity index (χ3v) is 5.66. The average molecular weight is 375 g/mol. The predicted molar refractivity (Wildman–Crippen MR) is 107 cm³/mol. The Morgan fingerprint density at radius 3 is 2.82 bits per heavy atom. The minimum Gasteiger partial charge on any atom is -0.327 e. The molecule has 1 fully saturated rings. The molecule has 0 unspecified atom stereocenters. The molecule has 1 aliphatic heterocycles. The Kier molecular flexibility index (Phi) is 5.63. The fourth-order valence-corrected chi connectivity index (χ4v) is 4.10. The van der Waals surface area contributed by atoms with Gasteiger partial charge in [-0.05, 0) is 68.8 Å². The maximum absolute atomic E-state index is 12.7. The number of pyridine rings is 1. The first-order valence-corrected chi connectivity index (χ1v) is 10.1. The van der Waals surface area contributed by atoms with Gasteiger partial charge < -0.3 is 10.3 Å². The molecule has 1 aliphatic carbocycles. The lowest BCUT2D eigenvalue weighted by atomic mass is 9.90. The van der Waals surface area contributed by atoms with Crippen LogP contribution < -0.4 is 5.32 Å². The molecule has 4 rings (SSSR count). The van der Waals surface area contributed by atoms with Crippen LogP contribution in [0.15, 0.2) is 24.4 Å². The molecule has 2 aliphatic rings. The van der Waals surface area contributed by atoms with Crippen molar-refractivity contribution in [3.05, 3.63) is 52.9 Å². The molecule has 28 heavy (non-hydrogen) atoms. The topological polar surface area (TPSA) is 94.5 Å². The molecule has 0 aromatic carbocycles. The van der Waals surface area contributed by atoms with E-state index in [1.165, 1.54) is 24.6 Å². The van der Waals surface area contributed by atoms with E-state index in [1.54, 1.807) is 0 Å². The summed E-state index contributed by atoms with van der Waals surface area (Å²) in [5, 5.41) is 12.3. The van der Waals surface area contributed by atoms with E-state index < -0.39 is 0 Å². The average Bonchev–Trinajstić information content (AvgIpc) is 3.25. The van der Waals surface area contributed by atoms with Gasteiger partial charge in [-0.1, -0.05) is 12.1 Å². The van der Waals surface area contributed by atoms with E-state index in [0.29, 0.717) is 11.6 Å². The molecule has 0 spiro atoms. The number of aromatic amines is 1. The minimum atomic E-state index is -0.115. The van der Waals surface area contributed by atoms with Crippen LogP contribution in [0.25, 0.3) is 5.57 Å². The van der Waals surface area contributed by atoms with Gasteiger partial charge in [0, 0.05) is 18.0 Å². The van der Waals surface area contributed by atoms with Crippen molar-refractivity contribution < 1.29 is 4.79 Å². The Balaban J connectivity index is 1.64. The molecule has 0 atom stereocenters. The van der Waals surface area contributed by atoms with Gasteiger partial charge in [0.1, 0.15) is 11.8 Å². The van der Waals surface area contributed by atoms with Crippen LogP contribution in [0.4, 0.5) is 0 Å². The van der Waals surface area contributed by atoms with Crippen LogP contribution in [0.1, 0.15) is 77.7 Å². The summed E-state index contributed by atoms with van der Waals surface area (Å²) in [5.41, 5.74) is 4.64. The molecule has 0 saturated carbocycles. The molecule has 0 amide bonds. The van der Waals surface area contributed by atoms with E-state index >= 15 is 0 Å². The first kappa shape index (κ1) is 18.6. The number of nitriles is 1. The SMILES string of the molecule is N#Cc1cnc(C(=O)Cc2ccc(C3CCNCC3)nc2C2=CCCCC2)[nH]1. The molecule has 6 nitrogen and oxygen atoms in total. The van der Waals surface area contributed by atoms with Crippen LogP contribution in [0.3, 0.4) is 0 Å². The van der Waals surface area contributed by atoms with Gasteiger partial charge in [0.25, 0.3) is 0 Å². The molecular formula is C22H25N5O. The summed E-state index contributed by atoms with van der Waals surface area (Å²) in [6, 6.07) is 6.14. The summed E-state index contributed by atoms with van der Waals surface area (Å²) < 4.78 is 0. The van der Waals surface area contributed by atoms with Crippen LogP contribution >= 0.6 is 0 Å². The third kappa shape index (κ3) is 4.05. The molecule has 0 radical (unpaired) electrons. The number of allylic oxidation sites excluding steroid dienone is 2. The quantitative estimate of drug-likeness (QED) is 0.780. The number of rotatable bonds is 5. The number of nitrogens with one attached hydrogen (secondary N) is 2. The summed E-state index contributed by atoms with van der Waals surface area (Å²) in [6.45, 7) is 2.06. The number of ketones is 1. The van der Waals surface area contributed by atoms with Crippen molar-refractivity contribution in [3.8, 4) is 6.07 Å². The monoisotopic (exact) mass is 375 g/mol. The second kappa shape index (κ2) is 8.49. The zero-order chi connectivity index (χ0) is 19.3. The van der Waals surface area contributed by atoms with E-state index in [1.807, 2.05) is 6.07 Å². The molecular weight excluding hydrogens is 350 g/mol. The summed E-state index contributed by atoms with van der Waals surface area (Å²) in [7, 11) is 0. The smallest absolute Gasteiger partial charge is 0.202 e. The maximum Gasteiger partial charge on any atom is 0.202 e. The lowest BCUT2D eigenvalue weighted by molar-refractivity contribution is 0.0983. The van der Waals surface area contributed by atoms with E-state index in [-0.39, 0.29) is 18.0 Å². The van der Waals surface area contributed by atoms with Gasteiger partial charge in [0.05, 0.1) is 11.9 Å². The van der Waals surface area contributed by atoms with Gasteiger partial charge in [-0.15, -0.1) is 0 Å². The number of hydrogen-bond acceptors (Lipinski definition) is 5.